The first kappa shape index (κ1) is 11.6. The lowest BCUT2D eigenvalue weighted by atomic mass is 10.2. The van der Waals surface area contributed by atoms with Crippen LogP contribution in [-0.4, -0.2) is 0 Å². The number of hydrogen-bond donors (Lipinski definition) is 0. The van der Waals surface area contributed by atoms with Gasteiger partial charge in [-0.1, -0.05) is 12.1 Å². The monoisotopic (exact) mass is 238 g/mol. The summed E-state index contributed by atoms with van der Waals surface area (Å²) < 4.78 is 18.4. The molecule has 0 spiro atoms. The van der Waals surface area contributed by atoms with Gasteiger partial charge in [0.25, 0.3) is 0 Å². The second-order valence-corrected chi connectivity index (χ2v) is 3.46. The summed E-state index contributed by atoms with van der Waals surface area (Å²) in [5.41, 5.74) is 0.438. The van der Waals surface area contributed by atoms with Gasteiger partial charge in [-0.2, -0.15) is 10.5 Å². The third-order valence-corrected chi connectivity index (χ3v) is 2.29. The van der Waals surface area contributed by atoms with Crippen molar-refractivity contribution in [1.29, 1.82) is 10.5 Å². The SMILES string of the molecule is N#Cc1ccccc1Oc1ccc(F)cc1C#N. The molecule has 0 amide bonds. The lowest BCUT2D eigenvalue weighted by Crippen LogP contribution is -1.91. The average Bonchev–Trinajstić information content (AvgIpc) is 2.41. The Morgan fingerprint density at radius 2 is 1.56 bits per heavy atom. The summed E-state index contributed by atoms with van der Waals surface area (Å²) in [6.45, 7) is 0. The molecule has 4 heteroatoms. The molecule has 0 saturated heterocycles. The van der Waals surface area contributed by atoms with Gasteiger partial charge in [-0.05, 0) is 30.3 Å². The Bertz CT molecular complexity index is 668. The quantitative estimate of drug-likeness (QED) is 0.805. The molecule has 18 heavy (non-hydrogen) atoms. The first-order chi connectivity index (χ1) is 8.74. The van der Waals surface area contributed by atoms with Crippen molar-refractivity contribution in [3.63, 3.8) is 0 Å². The Hall–Kier alpha value is -2.85. The third kappa shape index (κ3) is 2.28. The van der Waals surface area contributed by atoms with Gasteiger partial charge < -0.3 is 4.74 Å². The number of hydrogen-bond acceptors (Lipinski definition) is 3. The van der Waals surface area contributed by atoms with E-state index in [-0.39, 0.29) is 11.3 Å². The highest BCUT2D eigenvalue weighted by atomic mass is 19.1. The van der Waals surface area contributed by atoms with Crippen LogP contribution in [0.15, 0.2) is 42.5 Å². The van der Waals surface area contributed by atoms with Gasteiger partial charge in [-0.3, -0.25) is 0 Å². The highest BCUT2D eigenvalue weighted by molar-refractivity contribution is 5.49. The van der Waals surface area contributed by atoms with Crippen molar-refractivity contribution in [3.05, 3.63) is 59.4 Å². The predicted molar refractivity (Wildman–Crippen MR) is 62.3 cm³/mol. The van der Waals surface area contributed by atoms with E-state index in [1.807, 2.05) is 12.1 Å². The Kier molecular flexibility index (Phi) is 3.22. The van der Waals surface area contributed by atoms with Crippen molar-refractivity contribution < 1.29 is 9.13 Å². The van der Waals surface area contributed by atoms with E-state index in [0.717, 1.165) is 6.07 Å². The Morgan fingerprint density at radius 1 is 0.889 bits per heavy atom. The van der Waals surface area contributed by atoms with Gasteiger partial charge in [0.1, 0.15) is 29.5 Å². The standard InChI is InChI=1S/C14H7FN2O/c15-12-5-6-14(11(7-12)9-17)18-13-4-2-1-3-10(13)8-16/h1-7H. The number of ether oxygens (including phenoxy) is 1. The van der Waals surface area contributed by atoms with Crippen LogP contribution in [0.5, 0.6) is 11.5 Å². The normalized spacial score (nSPS) is 9.28. The fraction of sp³-hybridized carbons (Fsp3) is 0. The largest absolute Gasteiger partial charge is 0.455 e. The van der Waals surface area contributed by atoms with E-state index in [0.29, 0.717) is 11.3 Å². The molecule has 0 aliphatic heterocycles. The molecule has 0 fully saturated rings. The second kappa shape index (κ2) is 4.99. The van der Waals surface area contributed by atoms with E-state index in [9.17, 15) is 4.39 Å². The predicted octanol–water partition coefficient (Wildman–Crippen LogP) is 3.36. The van der Waals surface area contributed by atoms with Crippen LogP contribution in [0.25, 0.3) is 0 Å². The fourth-order valence-corrected chi connectivity index (χ4v) is 1.45. The van der Waals surface area contributed by atoms with Crippen molar-refractivity contribution in [2.45, 2.75) is 0 Å². The molecule has 0 radical (unpaired) electrons. The van der Waals surface area contributed by atoms with Gasteiger partial charge >= 0.3 is 0 Å². The summed E-state index contributed by atoms with van der Waals surface area (Å²) in [6, 6.07) is 14.1. The van der Waals surface area contributed by atoms with Crippen molar-refractivity contribution in [2.75, 3.05) is 0 Å². The average molecular weight is 238 g/mol. The van der Waals surface area contributed by atoms with Gasteiger partial charge in [0.05, 0.1) is 11.1 Å². The van der Waals surface area contributed by atoms with Crippen LogP contribution in [0, 0.1) is 28.5 Å². The van der Waals surface area contributed by atoms with Crippen LogP contribution in [0.4, 0.5) is 4.39 Å². The molecule has 3 nitrogen and oxygen atoms in total. The molecule has 0 saturated carbocycles. The Morgan fingerprint density at radius 3 is 2.28 bits per heavy atom. The zero-order valence-corrected chi connectivity index (χ0v) is 9.22. The van der Waals surface area contributed by atoms with E-state index in [1.165, 1.54) is 12.1 Å². The van der Waals surface area contributed by atoms with Crippen LogP contribution < -0.4 is 4.74 Å². The molecule has 86 valence electrons. The number of rotatable bonds is 2. The van der Waals surface area contributed by atoms with Crippen LogP contribution >= 0.6 is 0 Å². The molecule has 0 atom stereocenters. The maximum Gasteiger partial charge on any atom is 0.145 e. The van der Waals surface area contributed by atoms with E-state index >= 15 is 0 Å². The summed E-state index contributed by atoms with van der Waals surface area (Å²) in [4.78, 5) is 0. The first-order valence-electron chi connectivity index (χ1n) is 5.11. The number of nitriles is 2. The molecule has 0 aliphatic carbocycles. The molecule has 0 aromatic heterocycles. The van der Waals surface area contributed by atoms with Crippen molar-refractivity contribution in [3.8, 4) is 23.6 Å². The fourth-order valence-electron chi connectivity index (χ4n) is 1.45. The smallest absolute Gasteiger partial charge is 0.145 e. The summed E-state index contributed by atoms with van der Waals surface area (Å²) in [7, 11) is 0. The minimum atomic E-state index is -0.507. The minimum Gasteiger partial charge on any atom is -0.455 e. The van der Waals surface area contributed by atoms with Gasteiger partial charge in [-0.15, -0.1) is 0 Å². The van der Waals surface area contributed by atoms with Crippen LogP contribution in [0.2, 0.25) is 0 Å². The molecule has 0 N–H and O–H groups in total. The highest BCUT2D eigenvalue weighted by Gasteiger charge is 2.08. The zero-order valence-electron chi connectivity index (χ0n) is 9.22. The number of para-hydroxylation sites is 1. The number of halogens is 1. The minimum absolute atomic E-state index is 0.0859. The summed E-state index contributed by atoms with van der Waals surface area (Å²) in [6.07, 6.45) is 0. The molecule has 2 rings (SSSR count). The number of benzene rings is 2. The maximum absolute atomic E-state index is 13.0. The second-order valence-electron chi connectivity index (χ2n) is 3.46. The van der Waals surface area contributed by atoms with Gasteiger partial charge in [-0.25, -0.2) is 4.39 Å². The molecule has 0 heterocycles. The van der Waals surface area contributed by atoms with Gasteiger partial charge in [0.2, 0.25) is 0 Å². The molecule has 0 unspecified atom stereocenters. The topological polar surface area (TPSA) is 56.8 Å². The molecule has 2 aromatic rings. The van der Waals surface area contributed by atoms with Crippen LogP contribution in [0.1, 0.15) is 11.1 Å². The molecule has 0 bridgehead atoms. The maximum atomic E-state index is 13.0. The first-order valence-corrected chi connectivity index (χ1v) is 5.11. The van der Waals surface area contributed by atoms with Gasteiger partial charge in [0, 0.05) is 0 Å². The van der Waals surface area contributed by atoms with Crippen molar-refractivity contribution in [1.82, 2.24) is 0 Å². The van der Waals surface area contributed by atoms with E-state index in [4.69, 9.17) is 15.3 Å². The Balaban J connectivity index is 2.41. The van der Waals surface area contributed by atoms with Gasteiger partial charge in [0.15, 0.2) is 0 Å². The number of nitrogens with zero attached hydrogens (tertiary/aromatic N) is 2. The third-order valence-electron chi connectivity index (χ3n) is 2.29. The molecular formula is C14H7FN2O. The van der Waals surface area contributed by atoms with Crippen LogP contribution in [-0.2, 0) is 0 Å². The van der Waals surface area contributed by atoms with E-state index < -0.39 is 5.82 Å². The summed E-state index contributed by atoms with van der Waals surface area (Å²) >= 11 is 0. The van der Waals surface area contributed by atoms with E-state index in [1.54, 1.807) is 24.3 Å². The molecular weight excluding hydrogens is 231 g/mol. The van der Waals surface area contributed by atoms with E-state index in [2.05, 4.69) is 0 Å². The summed E-state index contributed by atoms with van der Waals surface area (Å²) in [5.74, 6) is 0.0529. The van der Waals surface area contributed by atoms with Crippen molar-refractivity contribution in [2.24, 2.45) is 0 Å². The highest BCUT2D eigenvalue weighted by Crippen LogP contribution is 2.27. The zero-order chi connectivity index (χ0) is 13.0. The lowest BCUT2D eigenvalue weighted by molar-refractivity contribution is 0.477. The van der Waals surface area contributed by atoms with Crippen molar-refractivity contribution >= 4 is 0 Å². The summed E-state index contributed by atoms with van der Waals surface area (Å²) in [5, 5.41) is 17.8. The van der Waals surface area contributed by atoms with Crippen LogP contribution in [0.3, 0.4) is 0 Å². The molecule has 0 aliphatic rings. The Labute approximate surface area is 103 Å². The molecule has 2 aromatic carbocycles. The lowest BCUT2D eigenvalue weighted by Gasteiger charge is -2.08.